The second-order valence-corrected chi connectivity index (χ2v) is 2.52. The summed E-state index contributed by atoms with van der Waals surface area (Å²) in [6, 6.07) is 0. The molecule has 11 heavy (non-hydrogen) atoms. The lowest BCUT2D eigenvalue weighted by molar-refractivity contribution is -0.135. The fourth-order valence-corrected chi connectivity index (χ4v) is 1.31. The number of carbonyl (C=O) groups excluding carboxylic acids is 2. The monoisotopic (exact) mass is 158 g/mol. The van der Waals surface area contributed by atoms with Crippen molar-refractivity contribution < 1.29 is 19.1 Å². The van der Waals surface area contributed by atoms with E-state index in [-0.39, 0.29) is 12.2 Å². The Morgan fingerprint density at radius 3 is 1.82 bits per heavy atom. The van der Waals surface area contributed by atoms with Gasteiger partial charge in [0, 0.05) is 6.42 Å². The lowest BCUT2D eigenvalue weighted by Gasteiger charge is -2.07. The van der Waals surface area contributed by atoms with Gasteiger partial charge in [0.1, 0.15) is 12.2 Å². The maximum absolute atomic E-state index is 9.89. The van der Waals surface area contributed by atoms with E-state index in [0.717, 1.165) is 12.8 Å². The van der Waals surface area contributed by atoms with Crippen LogP contribution in [0.4, 0.5) is 0 Å². The largest absolute Gasteiger partial charge is 0.464 e. The fourth-order valence-electron chi connectivity index (χ4n) is 1.31. The van der Waals surface area contributed by atoms with Crippen LogP contribution < -0.4 is 0 Å². The summed E-state index contributed by atoms with van der Waals surface area (Å²) in [4.78, 5) is 19.8. The average Bonchev–Trinajstić information content (AvgIpc) is 2.38. The molecule has 0 saturated heterocycles. The van der Waals surface area contributed by atoms with Crippen LogP contribution in [0.2, 0.25) is 0 Å². The van der Waals surface area contributed by atoms with Crippen molar-refractivity contribution in [3.8, 4) is 0 Å². The molecule has 0 N–H and O–H groups in total. The van der Waals surface area contributed by atoms with Crippen LogP contribution in [0.15, 0.2) is 0 Å². The van der Waals surface area contributed by atoms with Gasteiger partial charge in [-0.3, -0.25) is 9.59 Å². The molecule has 2 atom stereocenters. The zero-order valence-electron chi connectivity index (χ0n) is 6.06. The number of carbonyl (C=O) groups is 2. The Morgan fingerprint density at radius 2 is 1.45 bits per heavy atom. The Bertz CT molecular complexity index is 129. The molecule has 1 rings (SSSR count). The third kappa shape index (κ3) is 2.22. The highest BCUT2D eigenvalue weighted by atomic mass is 16.5. The van der Waals surface area contributed by atoms with Crippen molar-refractivity contribution >= 4 is 12.9 Å². The molecule has 0 radical (unpaired) electrons. The predicted molar refractivity (Wildman–Crippen MR) is 35.7 cm³/mol. The molecule has 0 aliphatic heterocycles. The Balaban J connectivity index is 2.22. The molecule has 0 aromatic rings. The zero-order chi connectivity index (χ0) is 8.10. The van der Waals surface area contributed by atoms with Crippen LogP contribution in [0.25, 0.3) is 0 Å². The van der Waals surface area contributed by atoms with Gasteiger partial charge < -0.3 is 9.47 Å². The van der Waals surface area contributed by atoms with Crippen LogP contribution in [0.1, 0.15) is 19.3 Å². The molecule has 1 fully saturated rings. The third-order valence-corrected chi connectivity index (χ3v) is 1.83. The fraction of sp³-hybridized carbons (Fsp3) is 0.714. The number of hydrogen-bond donors (Lipinski definition) is 0. The first-order valence-corrected chi connectivity index (χ1v) is 3.55. The summed E-state index contributed by atoms with van der Waals surface area (Å²) >= 11 is 0. The van der Waals surface area contributed by atoms with E-state index in [1.807, 2.05) is 0 Å². The molecule has 4 nitrogen and oxygen atoms in total. The summed E-state index contributed by atoms with van der Waals surface area (Å²) in [6.45, 7) is 0.877. The SMILES string of the molecule is O=COC1CCC(OC=O)C1. The maximum atomic E-state index is 9.89. The minimum atomic E-state index is -0.0579. The van der Waals surface area contributed by atoms with E-state index in [0.29, 0.717) is 19.4 Å². The van der Waals surface area contributed by atoms with E-state index in [2.05, 4.69) is 0 Å². The van der Waals surface area contributed by atoms with E-state index < -0.39 is 0 Å². The first kappa shape index (κ1) is 8.04. The highest BCUT2D eigenvalue weighted by molar-refractivity contribution is 5.38. The van der Waals surface area contributed by atoms with Gasteiger partial charge in [-0.1, -0.05) is 0 Å². The molecular formula is C7H10O4. The topological polar surface area (TPSA) is 52.6 Å². The predicted octanol–water partition coefficient (Wildman–Crippen LogP) is 0.253. The van der Waals surface area contributed by atoms with Gasteiger partial charge in [-0.05, 0) is 12.8 Å². The number of ether oxygens (including phenoxy) is 2. The lowest BCUT2D eigenvalue weighted by Crippen LogP contribution is -2.11. The second-order valence-electron chi connectivity index (χ2n) is 2.52. The Labute approximate surface area is 64.5 Å². The highest BCUT2D eigenvalue weighted by Gasteiger charge is 2.26. The first-order valence-electron chi connectivity index (χ1n) is 3.55. The van der Waals surface area contributed by atoms with E-state index in [1.165, 1.54) is 0 Å². The molecule has 1 aliphatic rings. The summed E-state index contributed by atoms with van der Waals surface area (Å²) in [7, 11) is 0. The minimum Gasteiger partial charge on any atom is -0.464 e. The average molecular weight is 158 g/mol. The van der Waals surface area contributed by atoms with Gasteiger partial charge in [-0.25, -0.2) is 0 Å². The molecule has 0 amide bonds. The van der Waals surface area contributed by atoms with Crippen molar-refractivity contribution in [2.75, 3.05) is 0 Å². The molecule has 1 aliphatic carbocycles. The van der Waals surface area contributed by atoms with E-state index in [1.54, 1.807) is 0 Å². The van der Waals surface area contributed by atoms with Crippen LogP contribution >= 0.6 is 0 Å². The molecule has 0 spiro atoms. The molecule has 0 aromatic carbocycles. The summed E-state index contributed by atoms with van der Waals surface area (Å²) in [5.41, 5.74) is 0. The quantitative estimate of drug-likeness (QED) is 0.550. The van der Waals surface area contributed by atoms with Crippen LogP contribution in [0.3, 0.4) is 0 Å². The molecule has 2 unspecified atom stereocenters. The summed E-state index contributed by atoms with van der Waals surface area (Å²) < 4.78 is 9.41. The Morgan fingerprint density at radius 1 is 1.00 bits per heavy atom. The first-order chi connectivity index (χ1) is 5.36. The lowest BCUT2D eigenvalue weighted by atomic mass is 10.3. The number of hydrogen-bond acceptors (Lipinski definition) is 4. The molecule has 0 bridgehead atoms. The van der Waals surface area contributed by atoms with Crippen molar-refractivity contribution in [1.29, 1.82) is 0 Å². The Kier molecular flexibility index (Phi) is 2.89. The van der Waals surface area contributed by atoms with Crippen LogP contribution in [0.5, 0.6) is 0 Å². The molecule has 1 saturated carbocycles. The standard InChI is InChI=1S/C7H10O4/c8-4-10-6-1-2-7(3-6)11-5-9/h4-7H,1-3H2. The highest BCUT2D eigenvalue weighted by Crippen LogP contribution is 2.23. The van der Waals surface area contributed by atoms with E-state index >= 15 is 0 Å². The molecule has 0 aromatic heterocycles. The van der Waals surface area contributed by atoms with Gasteiger partial charge >= 0.3 is 0 Å². The summed E-state index contributed by atoms with van der Waals surface area (Å²) in [5.74, 6) is 0. The van der Waals surface area contributed by atoms with Gasteiger partial charge in [0.05, 0.1) is 0 Å². The molecular weight excluding hydrogens is 148 g/mol. The van der Waals surface area contributed by atoms with Crippen molar-refractivity contribution in [2.24, 2.45) is 0 Å². The number of rotatable bonds is 4. The van der Waals surface area contributed by atoms with Crippen molar-refractivity contribution in [1.82, 2.24) is 0 Å². The van der Waals surface area contributed by atoms with Gasteiger partial charge in [-0.15, -0.1) is 0 Å². The van der Waals surface area contributed by atoms with Crippen molar-refractivity contribution in [2.45, 2.75) is 31.5 Å². The van der Waals surface area contributed by atoms with Gasteiger partial charge in [0.15, 0.2) is 0 Å². The van der Waals surface area contributed by atoms with Crippen molar-refractivity contribution in [3.05, 3.63) is 0 Å². The van der Waals surface area contributed by atoms with Gasteiger partial charge in [0.25, 0.3) is 12.9 Å². The van der Waals surface area contributed by atoms with Crippen LogP contribution in [-0.2, 0) is 19.1 Å². The van der Waals surface area contributed by atoms with Gasteiger partial charge in [0.2, 0.25) is 0 Å². The molecule has 4 heteroatoms. The smallest absolute Gasteiger partial charge is 0.293 e. The minimum absolute atomic E-state index is 0.0579. The zero-order valence-corrected chi connectivity index (χ0v) is 6.06. The Hall–Kier alpha value is -1.06. The third-order valence-electron chi connectivity index (χ3n) is 1.83. The maximum Gasteiger partial charge on any atom is 0.293 e. The van der Waals surface area contributed by atoms with Gasteiger partial charge in [-0.2, -0.15) is 0 Å². The van der Waals surface area contributed by atoms with Crippen LogP contribution in [0, 0.1) is 0 Å². The molecule has 0 heterocycles. The van der Waals surface area contributed by atoms with E-state index in [9.17, 15) is 9.59 Å². The summed E-state index contributed by atoms with van der Waals surface area (Å²) in [5, 5.41) is 0. The second kappa shape index (κ2) is 3.95. The van der Waals surface area contributed by atoms with Crippen molar-refractivity contribution in [3.63, 3.8) is 0 Å². The molecule has 62 valence electrons. The summed E-state index contributed by atoms with van der Waals surface area (Å²) in [6.07, 6.45) is 2.10. The normalized spacial score (nSPS) is 29.5. The van der Waals surface area contributed by atoms with E-state index in [4.69, 9.17) is 9.47 Å². The van der Waals surface area contributed by atoms with Crippen LogP contribution in [-0.4, -0.2) is 25.2 Å².